The fourth-order valence-corrected chi connectivity index (χ4v) is 3.10. The van der Waals surface area contributed by atoms with Crippen molar-refractivity contribution in [2.75, 3.05) is 11.9 Å². The van der Waals surface area contributed by atoms with Crippen molar-refractivity contribution in [2.45, 2.75) is 32.1 Å². The number of amides is 1. The van der Waals surface area contributed by atoms with Crippen molar-refractivity contribution < 1.29 is 4.79 Å². The van der Waals surface area contributed by atoms with E-state index in [1.165, 1.54) is 0 Å². The molecule has 0 bridgehead atoms. The third-order valence-corrected chi connectivity index (χ3v) is 4.43. The van der Waals surface area contributed by atoms with Gasteiger partial charge in [-0.3, -0.25) is 4.79 Å². The minimum atomic E-state index is -0.641. The molecule has 0 heterocycles. The van der Waals surface area contributed by atoms with Crippen LogP contribution < -0.4 is 10.6 Å². The number of carbonyl (C=O) groups is 1. The molecule has 1 aromatic rings. The molecule has 0 unspecified atom stereocenters. The average molecular weight is 276 g/mol. The Labute approximate surface area is 119 Å². The summed E-state index contributed by atoms with van der Waals surface area (Å²) >= 11 is 5.20. The van der Waals surface area contributed by atoms with Crippen LogP contribution in [0.1, 0.15) is 32.1 Å². The highest BCUT2D eigenvalue weighted by Crippen LogP contribution is 2.39. The van der Waals surface area contributed by atoms with Gasteiger partial charge in [-0.15, -0.1) is 0 Å². The van der Waals surface area contributed by atoms with Crippen LogP contribution in [0.4, 0.5) is 5.69 Å². The van der Waals surface area contributed by atoms with Crippen LogP contribution in [0, 0.1) is 5.41 Å². The summed E-state index contributed by atoms with van der Waals surface area (Å²) < 4.78 is 0. The summed E-state index contributed by atoms with van der Waals surface area (Å²) in [5.74, 6) is 0.0332. The zero-order chi connectivity index (χ0) is 13.9. The molecule has 0 aromatic heterocycles. The third-order valence-electron chi connectivity index (χ3n) is 4.04. The van der Waals surface area contributed by atoms with E-state index in [9.17, 15) is 4.79 Å². The van der Waals surface area contributed by atoms with E-state index in [1.54, 1.807) is 11.9 Å². The Morgan fingerprint density at radius 3 is 2.32 bits per heavy atom. The highest BCUT2D eigenvalue weighted by Gasteiger charge is 2.44. The predicted octanol–water partition coefficient (Wildman–Crippen LogP) is 2.89. The van der Waals surface area contributed by atoms with E-state index in [2.05, 4.69) is 0 Å². The van der Waals surface area contributed by atoms with Gasteiger partial charge >= 0.3 is 0 Å². The third kappa shape index (κ3) is 2.63. The number of nitrogens with two attached hydrogens (primary N) is 1. The monoisotopic (exact) mass is 276 g/mol. The van der Waals surface area contributed by atoms with Gasteiger partial charge in [-0.25, -0.2) is 0 Å². The summed E-state index contributed by atoms with van der Waals surface area (Å²) in [5.41, 5.74) is 6.15. The van der Waals surface area contributed by atoms with Gasteiger partial charge in [0.25, 0.3) is 0 Å². The largest absolute Gasteiger partial charge is 0.392 e. The molecular formula is C15H20N2OS. The molecule has 102 valence electrons. The molecule has 2 rings (SSSR count). The number of hydrogen-bond acceptors (Lipinski definition) is 2. The summed E-state index contributed by atoms with van der Waals surface area (Å²) in [5, 5.41) is 0. The van der Waals surface area contributed by atoms with Gasteiger partial charge in [0.05, 0.1) is 10.4 Å². The van der Waals surface area contributed by atoms with Gasteiger partial charge < -0.3 is 10.6 Å². The molecule has 0 saturated heterocycles. The molecule has 3 nitrogen and oxygen atoms in total. The molecule has 2 N–H and O–H groups in total. The van der Waals surface area contributed by atoms with Gasteiger partial charge in [0, 0.05) is 12.7 Å². The average Bonchev–Trinajstić information content (AvgIpc) is 2.47. The first-order valence-electron chi connectivity index (χ1n) is 6.71. The van der Waals surface area contributed by atoms with Gasteiger partial charge in [0.1, 0.15) is 0 Å². The van der Waals surface area contributed by atoms with E-state index in [0.717, 1.165) is 37.8 Å². The van der Waals surface area contributed by atoms with Crippen molar-refractivity contribution in [1.82, 2.24) is 0 Å². The molecule has 1 fully saturated rings. The smallest absolute Gasteiger partial charge is 0.239 e. The number of rotatable bonds is 3. The van der Waals surface area contributed by atoms with Gasteiger partial charge in [0.15, 0.2) is 0 Å². The number of thiocarbonyl (C=S) groups is 1. The van der Waals surface area contributed by atoms with E-state index < -0.39 is 5.41 Å². The van der Waals surface area contributed by atoms with E-state index in [4.69, 9.17) is 18.0 Å². The second-order valence-corrected chi connectivity index (χ2v) is 5.65. The normalized spacial score (nSPS) is 17.7. The first kappa shape index (κ1) is 14.0. The number of anilines is 1. The van der Waals surface area contributed by atoms with Crippen molar-refractivity contribution in [1.29, 1.82) is 0 Å². The lowest BCUT2D eigenvalue weighted by atomic mass is 9.73. The summed E-state index contributed by atoms with van der Waals surface area (Å²) in [7, 11) is 1.80. The van der Waals surface area contributed by atoms with E-state index in [-0.39, 0.29) is 5.91 Å². The second-order valence-electron chi connectivity index (χ2n) is 5.21. The van der Waals surface area contributed by atoms with Crippen molar-refractivity contribution >= 4 is 28.8 Å². The minimum Gasteiger partial charge on any atom is -0.392 e. The molecule has 0 radical (unpaired) electrons. The standard InChI is InChI=1S/C15H20N2OS/c1-17(12-8-4-2-5-9-12)14(18)15(13(16)19)10-6-3-7-11-15/h2,4-5,8-9H,3,6-7,10-11H2,1H3,(H2,16,19). The highest BCUT2D eigenvalue weighted by molar-refractivity contribution is 7.80. The van der Waals surface area contributed by atoms with E-state index >= 15 is 0 Å². The maximum Gasteiger partial charge on any atom is 0.239 e. The minimum absolute atomic E-state index is 0.0332. The van der Waals surface area contributed by atoms with Gasteiger partial charge in [-0.1, -0.05) is 49.7 Å². The van der Waals surface area contributed by atoms with Crippen LogP contribution in [0.25, 0.3) is 0 Å². The zero-order valence-electron chi connectivity index (χ0n) is 11.3. The van der Waals surface area contributed by atoms with Crippen LogP contribution in [0.5, 0.6) is 0 Å². The fraction of sp³-hybridized carbons (Fsp3) is 0.467. The SMILES string of the molecule is CN(C(=O)C1(C(N)=S)CCCCC1)c1ccccc1. The van der Waals surface area contributed by atoms with Gasteiger partial charge in [-0.05, 0) is 25.0 Å². The van der Waals surface area contributed by atoms with Crippen molar-refractivity contribution in [3.63, 3.8) is 0 Å². The molecule has 1 aliphatic carbocycles. The maximum atomic E-state index is 12.8. The lowest BCUT2D eigenvalue weighted by Crippen LogP contribution is -2.50. The number of carbonyl (C=O) groups excluding carboxylic acids is 1. The summed E-state index contributed by atoms with van der Waals surface area (Å²) in [6.45, 7) is 0. The molecule has 1 amide bonds. The Morgan fingerprint density at radius 1 is 1.21 bits per heavy atom. The lowest BCUT2D eigenvalue weighted by Gasteiger charge is -2.37. The van der Waals surface area contributed by atoms with Gasteiger partial charge in [-0.2, -0.15) is 0 Å². The van der Waals surface area contributed by atoms with Crippen molar-refractivity contribution in [3.8, 4) is 0 Å². The van der Waals surface area contributed by atoms with Crippen LogP contribution in [-0.4, -0.2) is 17.9 Å². The Bertz CT molecular complexity index is 466. The predicted molar refractivity (Wildman–Crippen MR) is 82.2 cm³/mol. The quantitative estimate of drug-likeness (QED) is 0.864. The molecule has 0 spiro atoms. The molecule has 1 saturated carbocycles. The highest BCUT2D eigenvalue weighted by atomic mass is 32.1. The van der Waals surface area contributed by atoms with Crippen LogP contribution in [-0.2, 0) is 4.79 Å². The fourth-order valence-electron chi connectivity index (χ4n) is 2.81. The van der Waals surface area contributed by atoms with Crippen LogP contribution in [0.15, 0.2) is 30.3 Å². The topological polar surface area (TPSA) is 46.3 Å². The Morgan fingerprint density at radius 2 is 1.79 bits per heavy atom. The second kappa shape index (κ2) is 5.70. The molecule has 0 aliphatic heterocycles. The first-order valence-corrected chi connectivity index (χ1v) is 7.12. The summed E-state index contributed by atoms with van der Waals surface area (Å²) in [6, 6.07) is 9.63. The molecular weight excluding hydrogens is 256 g/mol. The Balaban J connectivity index is 2.27. The van der Waals surface area contributed by atoms with Crippen LogP contribution >= 0.6 is 12.2 Å². The maximum absolute atomic E-state index is 12.8. The van der Waals surface area contributed by atoms with E-state index in [1.807, 2.05) is 30.3 Å². The first-order chi connectivity index (χ1) is 9.08. The molecule has 19 heavy (non-hydrogen) atoms. The van der Waals surface area contributed by atoms with Crippen LogP contribution in [0.3, 0.4) is 0 Å². The number of nitrogens with zero attached hydrogens (tertiary/aromatic N) is 1. The number of benzene rings is 1. The molecule has 4 heteroatoms. The lowest BCUT2D eigenvalue weighted by molar-refractivity contribution is -0.125. The molecule has 0 atom stereocenters. The van der Waals surface area contributed by atoms with E-state index in [0.29, 0.717) is 4.99 Å². The Kier molecular flexibility index (Phi) is 4.20. The zero-order valence-corrected chi connectivity index (χ0v) is 12.1. The Hall–Kier alpha value is -1.42. The summed E-state index contributed by atoms with van der Waals surface area (Å²) in [4.78, 5) is 14.9. The van der Waals surface area contributed by atoms with Crippen molar-refractivity contribution in [3.05, 3.63) is 30.3 Å². The molecule has 1 aromatic carbocycles. The number of hydrogen-bond donors (Lipinski definition) is 1. The van der Waals surface area contributed by atoms with Gasteiger partial charge in [0.2, 0.25) is 5.91 Å². The van der Waals surface area contributed by atoms with Crippen LogP contribution in [0.2, 0.25) is 0 Å². The number of para-hydroxylation sites is 1. The van der Waals surface area contributed by atoms with Crippen molar-refractivity contribution in [2.24, 2.45) is 11.1 Å². The molecule has 1 aliphatic rings. The summed E-state index contributed by atoms with van der Waals surface area (Å²) in [6.07, 6.45) is 4.75.